The van der Waals surface area contributed by atoms with E-state index in [2.05, 4.69) is 34.1 Å². The zero-order valence-electron chi connectivity index (χ0n) is 11.0. The van der Waals surface area contributed by atoms with Crippen LogP contribution in [0.1, 0.15) is 18.4 Å². The molecule has 19 heavy (non-hydrogen) atoms. The number of anilines is 1. The van der Waals surface area contributed by atoms with E-state index in [-0.39, 0.29) is 0 Å². The first kappa shape index (κ1) is 12.0. The summed E-state index contributed by atoms with van der Waals surface area (Å²) in [5.74, 6) is 0.916. The molecule has 0 unspecified atom stereocenters. The molecule has 1 aliphatic heterocycles. The lowest BCUT2D eigenvalue weighted by Crippen LogP contribution is -2.17. The van der Waals surface area contributed by atoms with Gasteiger partial charge in [-0.05, 0) is 54.8 Å². The van der Waals surface area contributed by atoms with E-state index in [1.165, 1.54) is 31.6 Å². The van der Waals surface area contributed by atoms with Crippen LogP contribution < -0.4 is 9.64 Å². The minimum Gasteiger partial charge on any atom is -0.489 e. The van der Waals surface area contributed by atoms with Gasteiger partial charge in [-0.2, -0.15) is 0 Å². The Morgan fingerprint density at radius 1 is 0.947 bits per heavy atom. The molecule has 0 aliphatic carbocycles. The quantitative estimate of drug-likeness (QED) is 0.837. The van der Waals surface area contributed by atoms with Crippen molar-refractivity contribution in [1.82, 2.24) is 4.98 Å². The summed E-state index contributed by atoms with van der Waals surface area (Å²) in [7, 11) is 0. The summed E-state index contributed by atoms with van der Waals surface area (Å²) in [6.07, 6.45) is 6.19. The standard InChI is InChI=1S/C16H18N2O/c1-2-12-18(11-1)15-3-5-16(6-4-15)19-13-14-7-9-17-10-8-14/h3-10H,1-2,11-13H2. The molecule has 0 saturated carbocycles. The zero-order valence-corrected chi connectivity index (χ0v) is 11.0. The number of aromatic nitrogens is 1. The Hall–Kier alpha value is -2.03. The van der Waals surface area contributed by atoms with Crippen molar-refractivity contribution in [1.29, 1.82) is 0 Å². The van der Waals surface area contributed by atoms with Gasteiger partial charge in [-0.3, -0.25) is 4.98 Å². The fraction of sp³-hybridized carbons (Fsp3) is 0.312. The molecule has 3 nitrogen and oxygen atoms in total. The first-order valence-electron chi connectivity index (χ1n) is 6.78. The van der Waals surface area contributed by atoms with Crippen molar-refractivity contribution in [2.75, 3.05) is 18.0 Å². The highest BCUT2D eigenvalue weighted by molar-refractivity contribution is 5.49. The second-order valence-electron chi connectivity index (χ2n) is 4.83. The second kappa shape index (κ2) is 5.74. The van der Waals surface area contributed by atoms with Crippen molar-refractivity contribution in [2.24, 2.45) is 0 Å². The van der Waals surface area contributed by atoms with E-state index in [0.717, 1.165) is 11.3 Å². The maximum atomic E-state index is 5.76. The molecule has 0 radical (unpaired) electrons. The predicted octanol–water partition coefficient (Wildman–Crippen LogP) is 3.26. The molecule has 0 amide bonds. The fourth-order valence-electron chi connectivity index (χ4n) is 2.37. The average molecular weight is 254 g/mol. The summed E-state index contributed by atoms with van der Waals surface area (Å²) in [6.45, 7) is 2.94. The number of pyridine rings is 1. The predicted molar refractivity (Wildman–Crippen MR) is 76.5 cm³/mol. The Morgan fingerprint density at radius 3 is 2.32 bits per heavy atom. The summed E-state index contributed by atoms with van der Waals surface area (Å²) in [4.78, 5) is 6.42. The lowest BCUT2D eigenvalue weighted by atomic mass is 10.2. The van der Waals surface area contributed by atoms with Gasteiger partial charge in [0.25, 0.3) is 0 Å². The molecule has 0 spiro atoms. The van der Waals surface area contributed by atoms with Gasteiger partial charge in [-0.15, -0.1) is 0 Å². The Morgan fingerprint density at radius 2 is 1.63 bits per heavy atom. The third kappa shape index (κ3) is 3.05. The molecule has 3 rings (SSSR count). The van der Waals surface area contributed by atoms with Gasteiger partial charge in [0.15, 0.2) is 0 Å². The lowest BCUT2D eigenvalue weighted by molar-refractivity contribution is 0.306. The fourth-order valence-corrected chi connectivity index (χ4v) is 2.37. The highest BCUT2D eigenvalue weighted by atomic mass is 16.5. The van der Waals surface area contributed by atoms with Crippen molar-refractivity contribution >= 4 is 5.69 Å². The van der Waals surface area contributed by atoms with E-state index in [4.69, 9.17) is 4.74 Å². The Bertz CT molecular complexity index is 504. The number of ether oxygens (including phenoxy) is 1. The van der Waals surface area contributed by atoms with E-state index >= 15 is 0 Å². The number of rotatable bonds is 4. The van der Waals surface area contributed by atoms with Crippen LogP contribution in [0.15, 0.2) is 48.8 Å². The van der Waals surface area contributed by atoms with Crippen molar-refractivity contribution in [3.63, 3.8) is 0 Å². The number of benzene rings is 1. The largest absolute Gasteiger partial charge is 0.489 e. The summed E-state index contributed by atoms with van der Waals surface area (Å²) in [6, 6.07) is 12.3. The molecule has 3 heteroatoms. The lowest BCUT2D eigenvalue weighted by Gasteiger charge is -2.17. The molecule has 1 aromatic heterocycles. The second-order valence-corrected chi connectivity index (χ2v) is 4.83. The van der Waals surface area contributed by atoms with Gasteiger partial charge in [-0.1, -0.05) is 0 Å². The smallest absolute Gasteiger partial charge is 0.119 e. The highest BCUT2D eigenvalue weighted by Gasteiger charge is 2.11. The average Bonchev–Trinajstić information content (AvgIpc) is 3.01. The SMILES string of the molecule is c1cc(COc2ccc(N3CCCC3)cc2)ccn1. The molecule has 2 heterocycles. The molecule has 2 aromatic rings. The van der Waals surface area contributed by atoms with Gasteiger partial charge in [0, 0.05) is 31.2 Å². The van der Waals surface area contributed by atoms with E-state index < -0.39 is 0 Å². The zero-order chi connectivity index (χ0) is 12.9. The summed E-state index contributed by atoms with van der Waals surface area (Å²) in [5, 5.41) is 0. The van der Waals surface area contributed by atoms with Crippen molar-refractivity contribution in [2.45, 2.75) is 19.4 Å². The van der Waals surface area contributed by atoms with Crippen LogP contribution in [-0.4, -0.2) is 18.1 Å². The summed E-state index contributed by atoms with van der Waals surface area (Å²) < 4.78 is 5.76. The molecule has 0 N–H and O–H groups in total. The van der Waals surface area contributed by atoms with Gasteiger partial charge >= 0.3 is 0 Å². The van der Waals surface area contributed by atoms with Crippen LogP contribution >= 0.6 is 0 Å². The monoisotopic (exact) mass is 254 g/mol. The van der Waals surface area contributed by atoms with E-state index in [1.54, 1.807) is 12.4 Å². The first-order chi connectivity index (χ1) is 9.42. The molecule has 1 saturated heterocycles. The maximum Gasteiger partial charge on any atom is 0.119 e. The highest BCUT2D eigenvalue weighted by Crippen LogP contribution is 2.23. The topological polar surface area (TPSA) is 25.4 Å². The normalized spacial score (nSPS) is 14.6. The van der Waals surface area contributed by atoms with Crippen LogP contribution in [0.3, 0.4) is 0 Å². The van der Waals surface area contributed by atoms with Gasteiger partial charge in [0.1, 0.15) is 12.4 Å². The van der Waals surface area contributed by atoms with Gasteiger partial charge in [0.05, 0.1) is 0 Å². The van der Waals surface area contributed by atoms with Crippen LogP contribution in [-0.2, 0) is 6.61 Å². The molecule has 1 fully saturated rings. The van der Waals surface area contributed by atoms with Crippen LogP contribution in [0, 0.1) is 0 Å². The molecule has 0 atom stereocenters. The maximum absolute atomic E-state index is 5.76. The van der Waals surface area contributed by atoms with Gasteiger partial charge < -0.3 is 9.64 Å². The van der Waals surface area contributed by atoms with Crippen LogP contribution in [0.4, 0.5) is 5.69 Å². The minimum absolute atomic E-state index is 0.589. The number of nitrogens with zero attached hydrogens (tertiary/aromatic N) is 2. The van der Waals surface area contributed by atoms with E-state index in [1.807, 2.05) is 12.1 Å². The van der Waals surface area contributed by atoms with Crippen LogP contribution in [0.2, 0.25) is 0 Å². The third-order valence-electron chi connectivity index (χ3n) is 3.46. The molecule has 98 valence electrons. The van der Waals surface area contributed by atoms with Gasteiger partial charge in [-0.25, -0.2) is 0 Å². The van der Waals surface area contributed by atoms with Crippen LogP contribution in [0.25, 0.3) is 0 Å². The van der Waals surface area contributed by atoms with E-state index in [0.29, 0.717) is 6.61 Å². The molecule has 0 bridgehead atoms. The van der Waals surface area contributed by atoms with E-state index in [9.17, 15) is 0 Å². The Labute approximate surface area is 113 Å². The summed E-state index contributed by atoms with van der Waals surface area (Å²) >= 11 is 0. The number of hydrogen-bond acceptors (Lipinski definition) is 3. The number of hydrogen-bond donors (Lipinski definition) is 0. The molecular formula is C16H18N2O. The Balaban J connectivity index is 1.60. The van der Waals surface area contributed by atoms with Crippen molar-refractivity contribution in [3.05, 3.63) is 54.4 Å². The van der Waals surface area contributed by atoms with Crippen molar-refractivity contribution in [3.8, 4) is 5.75 Å². The molecular weight excluding hydrogens is 236 g/mol. The van der Waals surface area contributed by atoms with Crippen LogP contribution in [0.5, 0.6) is 5.75 Å². The Kier molecular flexibility index (Phi) is 3.63. The molecule has 1 aliphatic rings. The minimum atomic E-state index is 0.589. The van der Waals surface area contributed by atoms with Crippen molar-refractivity contribution < 1.29 is 4.74 Å². The third-order valence-corrected chi connectivity index (χ3v) is 3.46. The first-order valence-corrected chi connectivity index (χ1v) is 6.78. The van der Waals surface area contributed by atoms with Gasteiger partial charge in [0.2, 0.25) is 0 Å². The summed E-state index contributed by atoms with van der Waals surface area (Å²) in [5.41, 5.74) is 2.44. The molecule has 1 aromatic carbocycles.